The number of imidazole rings is 1. The molecule has 1 aromatic carbocycles. The molecule has 1 saturated carbocycles. The average molecular weight is 380 g/mol. The zero-order valence-corrected chi connectivity index (χ0v) is 16.1. The Bertz CT molecular complexity index is 1080. The molecule has 0 radical (unpaired) electrons. The average Bonchev–Trinajstić information content (AvgIpc) is 3.37. The van der Waals surface area contributed by atoms with Gasteiger partial charge in [0.2, 0.25) is 5.91 Å². The van der Waals surface area contributed by atoms with Gasteiger partial charge in [-0.25, -0.2) is 4.98 Å². The van der Waals surface area contributed by atoms with Crippen molar-refractivity contribution in [2.45, 2.75) is 38.8 Å². The van der Waals surface area contributed by atoms with Gasteiger partial charge in [0.05, 0.1) is 23.4 Å². The maximum atomic E-state index is 11.9. The standard InChI is InChI=1S/C20H24N6O2/c1-11-14(10-25(2)24-11)20-23-15-8-13(22-17(19(21)27)12-4-5-12)9-16-18(15)26(20)6-3-7-28-16/h8-10,12,17,22H,3-7H2,1-2H3,(H2,21,27). The first kappa shape index (κ1) is 17.1. The van der Waals surface area contributed by atoms with Crippen molar-refractivity contribution in [2.24, 2.45) is 18.7 Å². The topological polar surface area (TPSA) is 100.0 Å². The number of benzene rings is 1. The molecule has 2 aliphatic rings. The van der Waals surface area contributed by atoms with Gasteiger partial charge in [0.25, 0.3) is 0 Å². The summed E-state index contributed by atoms with van der Waals surface area (Å²) in [5.74, 6) is 1.70. The highest BCUT2D eigenvalue weighted by Gasteiger charge is 2.35. The smallest absolute Gasteiger partial charge is 0.240 e. The van der Waals surface area contributed by atoms with E-state index in [4.69, 9.17) is 15.5 Å². The van der Waals surface area contributed by atoms with Crippen LogP contribution in [-0.4, -0.2) is 37.9 Å². The summed E-state index contributed by atoms with van der Waals surface area (Å²) in [5.41, 5.74) is 10.2. The number of amides is 1. The Morgan fingerprint density at radius 2 is 2.21 bits per heavy atom. The van der Waals surface area contributed by atoms with Crippen molar-refractivity contribution in [1.82, 2.24) is 19.3 Å². The van der Waals surface area contributed by atoms with Crippen molar-refractivity contribution in [1.29, 1.82) is 0 Å². The molecule has 8 heteroatoms. The van der Waals surface area contributed by atoms with E-state index in [-0.39, 0.29) is 11.9 Å². The summed E-state index contributed by atoms with van der Waals surface area (Å²) in [6, 6.07) is 3.60. The molecule has 1 atom stereocenters. The fourth-order valence-corrected chi connectivity index (χ4v) is 4.10. The van der Waals surface area contributed by atoms with Gasteiger partial charge in [-0.05, 0) is 38.2 Å². The number of carbonyl (C=O) groups is 1. The van der Waals surface area contributed by atoms with Crippen molar-refractivity contribution >= 4 is 22.6 Å². The van der Waals surface area contributed by atoms with E-state index >= 15 is 0 Å². The number of hydrogen-bond donors (Lipinski definition) is 2. The van der Waals surface area contributed by atoms with Gasteiger partial charge in [0.15, 0.2) is 0 Å². The Morgan fingerprint density at radius 3 is 2.89 bits per heavy atom. The van der Waals surface area contributed by atoms with Crippen LogP contribution in [0.25, 0.3) is 22.4 Å². The highest BCUT2D eigenvalue weighted by atomic mass is 16.5. The summed E-state index contributed by atoms with van der Waals surface area (Å²) in [6.45, 7) is 3.48. The number of anilines is 1. The van der Waals surface area contributed by atoms with E-state index in [9.17, 15) is 4.79 Å². The lowest BCUT2D eigenvalue weighted by molar-refractivity contribution is -0.119. The van der Waals surface area contributed by atoms with Crippen LogP contribution in [-0.2, 0) is 18.4 Å². The van der Waals surface area contributed by atoms with Gasteiger partial charge < -0.3 is 20.4 Å². The number of hydrogen-bond acceptors (Lipinski definition) is 5. The molecule has 1 unspecified atom stereocenters. The third kappa shape index (κ3) is 2.80. The number of aromatic nitrogens is 4. The number of nitrogens with two attached hydrogens (primary N) is 1. The normalized spacial score (nSPS) is 17.2. The summed E-state index contributed by atoms with van der Waals surface area (Å²) < 4.78 is 10.1. The first-order valence-electron chi connectivity index (χ1n) is 9.75. The van der Waals surface area contributed by atoms with Crippen LogP contribution in [0.5, 0.6) is 5.75 Å². The molecule has 28 heavy (non-hydrogen) atoms. The maximum absolute atomic E-state index is 11.9. The van der Waals surface area contributed by atoms with Crippen molar-refractivity contribution in [2.75, 3.05) is 11.9 Å². The lowest BCUT2D eigenvalue weighted by atomic mass is 10.1. The minimum absolute atomic E-state index is 0.313. The lowest BCUT2D eigenvalue weighted by Crippen LogP contribution is -2.37. The molecule has 0 spiro atoms. The number of nitrogens with zero attached hydrogens (tertiary/aromatic N) is 4. The van der Waals surface area contributed by atoms with Crippen LogP contribution in [0, 0.1) is 12.8 Å². The molecule has 5 rings (SSSR count). The van der Waals surface area contributed by atoms with Crippen LogP contribution >= 0.6 is 0 Å². The first-order valence-corrected chi connectivity index (χ1v) is 9.75. The summed E-state index contributed by atoms with van der Waals surface area (Å²) in [7, 11) is 1.92. The van der Waals surface area contributed by atoms with Crippen molar-refractivity contribution in [3.63, 3.8) is 0 Å². The number of ether oxygens (including phenoxy) is 1. The predicted octanol–water partition coefficient (Wildman–Crippen LogP) is 2.20. The molecule has 3 aromatic rings. The fraction of sp³-hybridized carbons (Fsp3) is 0.450. The molecule has 1 aliphatic carbocycles. The second-order valence-corrected chi connectivity index (χ2v) is 7.79. The van der Waals surface area contributed by atoms with E-state index in [1.807, 2.05) is 37.0 Å². The predicted molar refractivity (Wildman–Crippen MR) is 106 cm³/mol. The van der Waals surface area contributed by atoms with Gasteiger partial charge in [-0.1, -0.05) is 0 Å². The van der Waals surface area contributed by atoms with Gasteiger partial charge >= 0.3 is 0 Å². The summed E-state index contributed by atoms with van der Waals surface area (Å²) >= 11 is 0. The van der Waals surface area contributed by atoms with E-state index in [2.05, 4.69) is 15.0 Å². The van der Waals surface area contributed by atoms with Gasteiger partial charge in [0, 0.05) is 31.5 Å². The number of rotatable bonds is 5. The summed E-state index contributed by atoms with van der Waals surface area (Å²) in [6.07, 6.45) is 4.97. The summed E-state index contributed by atoms with van der Waals surface area (Å²) in [5, 5.41) is 7.78. The van der Waals surface area contributed by atoms with Crippen molar-refractivity contribution in [3.05, 3.63) is 24.0 Å². The third-order valence-electron chi connectivity index (χ3n) is 5.57. The van der Waals surface area contributed by atoms with Gasteiger partial charge in [-0.3, -0.25) is 9.48 Å². The Balaban J connectivity index is 1.63. The number of carbonyl (C=O) groups excluding carboxylic acids is 1. The molecule has 1 aliphatic heterocycles. The molecule has 3 N–H and O–H groups in total. The Kier molecular flexibility index (Phi) is 3.82. The van der Waals surface area contributed by atoms with E-state index in [1.165, 1.54) is 0 Å². The molecule has 2 aromatic heterocycles. The minimum Gasteiger partial charge on any atom is -0.491 e. The van der Waals surface area contributed by atoms with Crippen molar-refractivity contribution < 1.29 is 9.53 Å². The second kappa shape index (κ2) is 6.25. The molecule has 3 heterocycles. The Hall–Kier alpha value is -3.03. The van der Waals surface area contributed by atoms with Crippen LogP contribution in [0.15, 0.2) is 18.3 Å². The van der Waals surface area contributed by atoms with Gasteiger partial charge in [-0.2, -0.15) is 5.10 Å². The number of aryl methyl sites for hydroxylation is 3. The van der Waals surface area contributed by atoms with Gasteiger partial charge in [0.1, 0.15) is 23.1 Å². The fourth-order valence-electron chi connectivity index (χ4n) is 4.10. The molecule has 1 amide bonds. The van der Waals surface area contributed by atoms with Crippen molar-refractivity contribution in [3.8, 4) is 17.1 Å². The lowest BCUT2D eigenvalue weighted by Gasteiger charge is -2.17. The molecular weight excluding hydrogens is 356 g/mol. The van der Waals surface area contributed by atoms with E-state index in [0.29, 0.717) is 12.5 Å². The molecule has 8 nitrogen and oxygen atoms in total. The quantitative estimate of drug-likeness (QED) is 0.707. The van der Waals surface area contributed by atoms with E-state index in [0.717, 1.165) is 65.4 Å². The van der Waals surface area contributed by atoms with Crippen LogP contribution in [0.4, 0.5) is 5.69 Å². The molecule has 0 saturated heterocycles. The maximum Gasteiger partial charge on any atom is 0.240 e. The van der Waals surface area contributed by atoms with Crippen LogP contribution in [0.3, 0.4) is 0 Å². The van der Waals surface area contributed by atoms with E-state index < -0.39 is 0 Å². The highest BCUT2D eigenvalue weighted by molar-refractivity contribution is 5.91. The van der Waals surface area contributed by atoms with Gasteiger partial charge in [-0.15, -0.1) is 0 Å². The highest BCUT2D eigenvalue weighted by Crippen LogP contribution is 2.38. The molecule has 146 valence electrons. The van der Waals surface area contributed by atoms with Crippen LogP contribution in [0.1, 0.15) is 25.0 Å². The van der Waals surface area contributed by atoms with E-state index in [1.54, 1.807) is 0 Å². The van der Waals surface area contributed by atoms with Crippen LogP contribution < -0.4 is 15.8 Å². The molecule has 1 fully saturated rings. The zero-order chi connectivity index (χ0) is 19.4. The van der Waals surface area contributed by atoms with Crippen LogP contribution in [0.2, 0.25) is 0 Å². The summed E-state index contributed by atoms with van der Waals surface area (Å²) in [4.78, 5) is 16.8. The SMILES string of the molecule is Cc1nn(C)cc1-c1nc2cc(NC(C(N)=O)C3CC3)cc3c2n1CCCO3. The largest absolute Gasteiger partial charge is 0.491 e. The third-order valence-corrected chi connectivity index (χ3v) is 5.57. The number of nitrogens with one attached hydrogen (secondary N) is 1. The monoisotopic (exact) mass is 380 g/mol. The second-order valence-electron chi connectivity index (χ2n) is 7.79. The Labute approximate surface area is 162 Å². The minimum atomic E-state index is -0.349. The first-order chi connectivity index (χ1) is 13.5. The molecular formula is C20H24N6O2. The number of primary amides is 1. The Morgan fingerprint density at radius 1 is 1.39 bits per heavy atom. The zero-order valence-electron chi connectivity index (χ0n) is 16.1. The molecule has 0 bridgehead atoms.